The zero-order valence-corrected chi connectivity index (χ0v) is 17.4. The molecule has 9 heteroatoms. The normalized spacial score (nSPS) is 13.6. The van der Waals surface area contributed by atoms with E-state index in [1.165, 1.54) is 48.5 Å². The number of aryl methyl sites for hydroxylation is 1. The molecule has 3 aromatic carbocycles. The lowest BCUT2D eigenvalue weighted by Crippen LogP contribution is -2.48. The molecule has 1 atom stereocenters. The Hall–Kier alpha value is -4.40. The van der Waals surface area contributed by atoms with Gasteiger partial charge in [-0.2, -0.15) is 0 Å². The lowest BCUT2D eigenvalue weighted by atomic mass is 10.0. The summed E-state index contributed by atoms with van der Waals surface area (Å²) >= 11 is 0. The van der Waals surface area contributed by atoms with Crippen molar-refractivity contribution in [3.63, 3.8) is 0 Å². The Morgan fingerprint density at radius 1 is 1.03 bits per heavy atom. The van der Waals surface area contributed by atoms with Gasteiger partial charge in [-0.3, -0.25) is 29.4 Å². The maximum Gasteiger partial charge on any atom is 0.269 e. The summed E-state index contributed by atoms with van der Waals surface area (Å²) in [5, 5.41) is 13.6. The summed E-state index contributed by atoms with van der Waals surface area (Å²) in [6.07, 6.45) is -0.0797. The molecule has 0 aliphatic carbocycles. The Labute approximate surface area is 187 Å². The van der Waals surface area contributed by atoms with Gasteiger partial charge in [0.15, 0.2) is 0 Å². The van der Waals surface area contributed by atoms with Gasteiger partial charge in [0.2, 0.25) is 5.91 Å². The molecule has 3 amide bonds. The molecule has 1 heterocycles. The number of anilines is 1. The molecule has 1 aliphatic heterocycles. The number of amides is 3. The van der Waals surface area contributed by atoms with Crippen LogP contribution in [0.4, 0.5) is 15.8 Å². The van der Waals surface area contributed by atoms with Crippen LogP contribution in [0.5, 0.6) is 0 Å². The highest BCUT2D eigenvalue weighted by Crippen LogP contribution is 2.27. The first-order chi connectivity index (χ1) is 15.8. The lowest BCUT2D eigenvalue weighted by Gasteiger charge is -2.26. The van der Waals surface area contributed by atoms with E-state index in [9.17, 15) is 28.9 Å². The molecular formula is C24H18FN3O5. The number of halogens is 1. The van der Waals surface area contributed by atoms with Gasteiger partial charge in [-0.15, -0.1) is 0 Å². The summed E-state index contributed by atoms with van der Waals surface area (Å²) in [5.41, 5.74) is 1.56. The summed E-state index contributed by atoms with van der Waals surface area (Å²) < 4.78 is 13.7. The number of carbonyl (C=O) groups is 3. The van der Waals surface area contributed by atoms with Crippen LogP contribution in [0, 0.1) is 22.9 Å². The average Bonchev–Trinajstić information content (AvgIpc) is 3.05. The van der Waals surface area contributed by atoms with Gasteiger partial charge in [-0.1, -0.05) is 30.3 Å². The van der Waals surface area contributed by atoms with E-state index in [-0.39, 0.29) is 28.9 Å². The van der Waals surface area contributed by atoms with Gasteiger partial charge in [-0.25, -0.2) is 4.39 Å². The molecule has 166 valence electrons. The Morgan fingerprint density at radius 2 is 1.64 bits per heavy atom. The molecule has 0 saturated heterocycles. The fourth-order valence-corrected chi connectivity index (χ4v) is 3.71. The van der Waals surface area contributed by atoms with Crippen molar-refractivity contribution < 1.29 is 23.7 Å². The second kappa shape index (κ2) is 8.62. The Morgan fingerprint density at radius 3 is 2.21 bits per heavy atom. The number of nitro benzene ring substituents is 1. The molecule has 33 heavy (non-hydrogen) atoms. The third-order valence-corrected chi connectivity index (χ3v) is 5.47. The van der Waals surface area contributed by atoms with Gasteiger partial charge in [0.05, 0.1) is 16.1 Å². The number of hydrogen-bond donors (Lipinski definition) is 1. The first-order valence-electron chi connectivity index (χ1n) is 10.0. The van der Waals surface area contributed by atoms with Gasteiger partial charge in [0.25, 0.3) is 17.5 Å². The quantitative estimate of drug-likeness (QED) is 0.350. The molecule has 0 aromatic heterocycles. The number of carbonyl (C=O) groups excluding carboxylic acids is 3. The lowest BCUT2D eigenvalue weighted by molar-refractivity contribution is -0.384. The van der Waals surface area contributed by atoms with Crippen molar-refractivity contribution in [1.82, 2.24) is 4.90 Å². The van der Waals surface area contributed by atoms with Crippen LogP contribution in [0.3, 0.4) is 0 Å². The number of benzene rings is 3. The van der Waals surface area contributed by atoms with Gasteiger partial charge in [0.1, 0.15) is 11.9 Å². The van der Waals surface area contributed by atoms with Crippen LogP contribution in [0.15, 0.2) is 66.7 Å². The molecule has 8 nitrogen and oxygen atoms in total. The molecule has 1 aliphatic rings. The van der Waals surface area contributed by atoms with Crippen LogP contribution in [-0.2, 0) is 11.2 Å². The highest BCUT2D eigenvalue weighted by Gasteiger charge is 2.42. The smallest absolute Gasteiger partial charge is 0.269 e. The Bertz CT molecular complexity index is 1250. The number of fused-ring (bicyclic) bond motifs is 1. The standard InChI is InChI=1S/C24H18FN3O5/c1-14-6-9-16(25)13-20(14)26-22(29)21(12-15-7-10-17(11-8-15)28(32)33)27-23(30)18-4-2-3-5-19(18)24(27)31/h2-11,13,21H,12H2,1H3,(H,26,29). The minimum Gasteiger partial charge on any atom is -0.324 e. The number of nitro groups is 1. The first kappa shape index (κ1) is 21.8. The van der Waals surface area contributed by atoms with Crippen molar-refractivity contribution in [1.29, 1.82) is 0 Å². The summed E-state index contributed by atoms with van der Waals surface area (Å²) in [6, 6.07) is 14.4. The molecular weight excluding hydrogens is 429 g/mol. The van der Waals surface area contributed by atoms with Crippen LogP contribution < -0.4 is 5.32 Å². The molecule has 0 bridgehead atoms. The average molecular weight is 447 g/mol. The number of rotatable bonds is 6. The number of hydrogen-bond acceptors (Lipinski definition) is 5. The number of imide groups is 1. The van der Waals surface area contributed by atoms with E-state index in [0.717, 1.165) is 11.0 Å². The van der Waals surface area contributed by atoms with E-state index in [0.29, 0.717) is 11.1 Å². The van der Waals surface area contributed by atoms with Crippen molar-refractivity contribution >= 4 is 29.1 Å². The fourth-order valence-electron chi connectivity index (χ4n) is 3.71. The van der Waals surface area contributed by atoms with E-state index in [2.05, 4.69) is 5.32 Å². The van der Waals surface area contributed by atoms with Crippen molar-refractivity contribution in [2.24, 2.45) is 0 Å². The maximum absolute atomic E-state index is 13.7. The molecule has 1 unspecified atom stereocenters. The fraction of sp³-hybridized carbons (Fsp3) is 0.125. The second-order valence-electron chi connectivity index (χ2n) is 7.62. The van der Waals surface area contributed by atoms with Crippen LogP contribution in [-0.4, -0.2) is 33.6 Å². The van der Waals surface area contributed by atoms with E-state index in [1.54, 1.807) is 19.1 Å². The van der Waals surface area contributed by atoms with Gasteiger partial charge in [-0.05, 0) is 42.3 Å². The number of nitrogens with one attached hydrogen (secondary N) is 1. The molecule has 0 spiro atoms. The molecule has 3 aromatic rings. The summed E-state index contributed by atoms with van der Waals surface area (Å²) in [6.45, 7) is 1.68. The molecule has 4 rings (SSSR count). The van der Waals surface area contributed by atoms with Gasteiger partial charge in [0, 0.05) is 24.2 Å². The SMILES string of the molecule is Cc1ccc(F)cc1NC(=O)C(Cc1ccc([N+](=O)[O-])cc1)N1C(=O)c2ccccc2C1=O. The third-order valence-electron chi connectivity index (χ3n) is 5.47. The second-order valence-corrected chi connectivity index (χ2v) is 7.62. The van der Waals surface area contributed by atoms with E-state index in [4.69, 9.17) is 0 Å². The monoisotopic (exact) mass is 447 g/mol. The number of nitrogens with zero attached hydrogens (tertiary/aromatic N) is 2. The molecule has 0 saturated carbocycles. The van der Waals surface area contributed by atoms with Crippen molar-refractivity contribution in [3.05, 3.63) is 105 Å². The molecule has 0 radical (unpaired) electrons. The zero-order chi connectivity index (χ0) is 23.7. The Kier molecular flexibility index (Phi) is 5.70. The minimum atomic E-state index is -1.26. The summed E-state index contributed by atoms with van der Waals surface area (Å²) in [7, 11) is 0. The van der Waals surface area contributed by atoms with Crippen molar-refractivity contribution in [3.8, 4) is 0 Å². The summed E-state index contributed by atoms with van der Waals surface area (Å²) in [5.74, 6) is -2.47. The van der Waals surface area contributed by atoms with Crippen LogP contribution >= 0.6 is 0 Å². The highest BCUT2D eigenvalue weighted by molar-refractivity contribution is 6.23. The number of non-ortho nitro benzene ring substituents is 1. The van der Waals surface area contributed by atoms with Crippen molar-refractivity contribution in [2.45, 2.75) is 19.4 Å². The van der Waals surface area contributed by atoms with Crippen LogP contribution in [0.25, 0.3) is 0 Å². The van der Waals surface area contributed by atoms with Crippen LogP contribution in [0.2, 0.25) is 0 Å². The van der Waals surface area contributed by atoms with Gasteiger partial charge >= 0.3 is 0 Å². The maximum atomic E-state index is 13.7. The summed E-state index contributed by atoms with van der Waals surface area (Å²) in [4.78, 5) is 50.6. The zero-order valence-electron chi connectivity index (χ0n) is 17.4. The highest BCUT2D eigenvalue weighted by atomic mass is 19.1. The van der Waals surface area contributed by atoms with Crippen LogP contribution in [0.1, 0.15) is 31.8 Å². The van der Waals surface area contributed by atoms with E-state index in [1.807, 2.05) is 0 Å². The molecule has 1 N–H and O–H groups in total. The van der Waals surface area contributed by atoms with E-state index < -0.39 is 34.5 Å². The Balaban J connectivity index is 1.70. The largest absolute Gasteiger partial charge is 0.324 e. The van der Waals surface area contributed by atoms with Crippen molar-refractivity contribution in [2.75, 3.05) is 5.32 Å². The first-order valence-corrected chi connectivity index (χ1v) is 10.0. The van der Waals surface area contributed by atoms with Gasteiger partial charge < -0.3 is 5.32 Å². The topological polar surface area (TPSA) is 110 Å². The molecule has 0 fully saturated rings. The predicted octanol–water partition coefficient (Wildman–Crippen LogP) is 3.89. The predicted molar refractivity (Wildman–Crippen MR) is 117 cm³/mol. The minimum absolute atomic E-state index is 0.0797. The van der Waals surface area contributed by atoms with E-state index >= 15 is 0 Å². The third kappa shape index (κ3) is 4.20.